The van der Waals surface area contributed by atoms with Gasteiger partial charge in [0, 0.05) is 6.54 Å². The number of alkyl halides is 3. The summed E-state index contributed by atoms with van der Waals surface area (Å²) in [6.45, 7) is 7.41. The molecule has 0 saturated carbocycles. The molecule has 0 N–H and O–H groups in total. The fourth-order valence-electron chi connectivity index (χ4n) is 1.71. The number of halogens is 4. The van der Waals surface area contributed by atoms with Crippen LogP contribution in [0.3, 0.4) is 0 Å². The molecule has 2 rings (SSSR count). The van der Waals surface area contributed by atoms with Gasteiger partial charge < -0.3 is 4.55 Å². The fourth-order valence-corrected chi connectivity index (χ4v) is 4.27. The predicted octanol–water partition coefficient (Wildman–Crippen LogP) is -0.300. The van der Waals surface area contributed by atoms with E-state index in [0.717, 1.165) is 6.54 Å². The van der Waals surface area contributed by atoms with Crippen LogP contribution in [0.5, 0.6) is 0 Å². The molecule has 0 radical (unpaired) electrons. The van der Waals surface area contributed by atoms with Crippen molar-refractivity contribution in [2.45, 2.75) is 32.8 Å². The van der Waals surface area contributed by atoms with Crippen LogP contribution in [0.4, 0.5) is 13.2 Å². The lowest BCUT2D eigenvalue weighted by atomic mass is 10.4. The number of aromatic nitrogens is 2. The zero-order valence-corrected chi connectivity index (χ0v) is 16.1. The molecular weight excluding hydrogens is 460 g/mol. The Morgan fingerprint density at radius 1 is 1.21 bits per heavy atom. The minimum absolute atomic E-state index is 0.0833. The van der Waals surface area contributed by atoms with Crippen LogP contribution < -0.4 is 21.2 Å². The number of rotatable bonds is 3. The zero-order chi connectivity index (χ0) is 18.5. The molecular formula is C14H16F3IN2O3S. The van der Waals surface area contributed by atoms with E-state index < -0.39 is 15.6 Å². The van der Waals surface area contributed by atoms with Gasteiger partial charge in [0.1, 0.15) is 5.69 Å². The topological polar surface area (TPSA) is 75.0 Å². The van der Waals surface area contributed by atoms with E-state index in [1.165, 1.54) is 18.5 Å². The molecule has 0 amide bonds. The molecule has 0 unspecified atom stereocenters. The molecule has 0 fully saturated rings. The molecule has 134 valence electrons. The second-order valence-electron chi connectivity index (χ2n) is 4.59. The molecule has 1 aromatic heterocycles. The van der Waals surface area contributed by atoms with Gasteiger partial charge in [-0.3, -0.25) is 4.68 Å². The second kappa shape index (κ2) is 8.30. The summed E-state index contributed by atoms with van der Waals surface area (Å²) in [5.74, 6) is 0. The van der Waals surface area contributed by atoms with E-state index in [1.54, 1.807) is 0 Å². The maximum atomic E-state index is 10.7. The Balaban J connectivity index is 0.000000307. The molecule has 0 aliphatic heterocycles. The van der Waals surface area contributed by atoms with Crippen molar-refractivity contribution in [2.75, 3.05) is 0 Å². The molecule has 1 aromatic carbocycles. The monoisotopic (exact) mass is 476 g/mol. The summed E-state index contributed by atoms with van der Waals surface area (Å²) in [5, 5.41) is 4.57. The molecule has 0 spiro atoms. The highest BCUT2D eigenvalue weighted by atomic mass is 127. The quantitative estimate of drug-likeness (QED) is 0.347. The highest BCUT2D eigenvalue weighted by Gasteiger charge is 2.36. The van der Waals surface area contributed by atoms with Gasteiger partial charge in [0.25, 0.3) is 0 Å². The fraction of sp³-hybridized carbons (Fsp3) is 0.357. The van der Waals surface area contributed by atoms with Crippen molar-refractivity contribution < 1.29 is 47.3 Å². The van der Waals surface area contributed by atoms with Gasteiger partial charge in [-0.15, -0.1) is 0 Å². The third-order valence-corrected chi connectivity index (χ3v) is 6.82. The maximum Gasteiger partial charge on any atom is 0.485 e. The first kappa shape index (κ1) is 20.9. The van der Waals surface area contributed by atoms with Gasteiger partial charge in [-0.05, 0) is 32.9 Å². The Morgan fingerprint density at radius 2 is 1.71 bits per heavy atom. The maximum absolute atomic E-state index is 10.7. The molecule has 0 saturated heterocycles. The summed E-state index contributed by atoms with van der Waals surface area (Å²) < 4.78 is 63.9. The summed E-state index contributed by atoms with van der Waals surface area (Å²) in [5.41, 5.74) is -3.10. The number of nitrogens with zero attached hydrogens (tertiary/aromatic N) is 2. The van der Waals surface area contributed by atoms with Gasteiger partial charge in [0.15, 0.2) is 13.7 Å². The van der Waals surface area contributed by atoms with Crippen molar-refractivity contribution in [1.82, 2.24) is 9.78 Å². The molecule has 2 aromatic rings. The molecule has 1 heterocycles. The Morgan fingerprint density at radius 3 is 2.08 bits per heavy atom. The predicted molar refractivity (Wildman–Crippen MR) is 77.0 cm³/mol. The van der Waals surface area contributed by atoms with Gasteiger partial charge in [0.05, 0.1) is 5.69 Å². The molecule has 5 nitrogen and oxygen atoms in total. The van der Waals surface area contributed by atoms with Crippen LogP contribution in [0.15, 0.2) is 30.3 Å². The Kier molecular flexibility index (Phi) is 7.23. The van der Waals surface area contributed by atoms with Crippen molar-refractivity contribution >= 4 is 10.1 Å². The van der Waals surface area contributed by atoms with Crippen molar-refractivity contribution in [3.05, 3.63) is 48.9 Å². The number of benzene rings is 1. The van der Waals surface area contributed by atoms with Crippen LogP contribution in [0.25, 0.3) is 0 Å². The smallest absolute Gasteiger partial charge is 0.485 e. The van der Waals surface area contributed by atoms with Crippen molar-refractivity contribution in [1.29, 1.82) is 0 Å². The summed E-state index contributed by atoms with van der Waals surface area (Å²) in [7, 11) is -6.09. The van der Waals surface area contributed by atoms with E-state index in [9.17, 15) is 13.2 Å². The second-order valence-corrected chi connectivity index (χ2v) is 8.83. The minimum atomic E-state index is -6.09. The van der Waals surface area contributed by atoms with Crippen LogP contribution in [0.2, 0.25) is 0 Å². The van der Waals surface area contributed by atoms with Crippen LogP contribution in [0.1, 0.15) is 18.3 Å². The van der Waals surface area contributed by atoms with Gasteiger partial charge in [-0.2, -0.15) is 18.3 Å². The number of hydrogen-bond donors (Lipinski definition) is 0. The molecule has 0 aliphatic rings. The van der Waals surface area contributed by atoms with E-state index in [4.69, 9.17) is 13.0 Å². The summed E-state index contributed by atoms with van der Waals surface area (Å²) in [6, 6.07) is 10.7. The third kappa shape index (κ3) is 5.74. The average molecular weight is 476 g/mol. The highest BCUT2D eigenvalue weighted by Crippen LogP contribution is 2.20. The van der Waals surface area contributed by atoms with E-state index in [-0.39, 0.29) is 21.2 Å². The lowest BCUT2D eigenvalue weighted by molar-refractivity contribution is -0.598. The Hall–Kier alpha value is -1.14. The lowest BCUT2D eigenvalue weighted by Crippen LogP contribution is -3.62. The third-order valence-electron chi connectivity index (χ3n) is 2.81. The largest absolute Gasteiger partial charge is 0.741 e. The van der Waals surface area contributed by atoms with Crippen molar-refractivity contribution in [3.63, 3.8) is 0 Å². The Labute approximate surface area is 148 Å². The average Bonchev–Trinajstić information content (AvgIpc) is 2.74. The van der Waals surface area contributed by atoms with E-state index >= 15 is 0 Å². The molecule has 0 bridgehead atoms. The van der Waals surface area contributed by atoms with Crippen LogP contribution in [-0.2, 0) is 16.7 Å². The van der Waals surface area contributed by atoms with Gasteiger partial charge >= 0.3 is 26.7 Å². The van der Waals surface area contributed by atoms with Crippen LogP contribution >= 0.6 is 0 Å². The van der Waals surface area contributed by atoms with E-state index in [1.807, 2.05) is 0 Å². The van der Waals surface area contributed by atoms with Gasteiger partial charge in [0.2, 0.25) is 3.57 Å². The van der Waals surface area contributed by atoms with Gasteiger partial charge in [-0.1, -0.05) is 18.2 Å². The van der Waals surface area contributed by atoms with Crippen LogP contribution in [-0.4, -0.2) is 28.3 Å². The summed E-state index contributed by atoms with van der Waals surface area (Å²) in [6.07, 6.45) is 0. The zero-order valence-electron chi connectivity index (χ0n) is 13.1. The number of aryl methyl sites for hydroxylation is 2. The highest BCUT2D eigenvalue weighted by molar-refractivity contribution is 7.86. The normalized spacial score (nSPS) is 11.8. The van der Waals surface area contributed by atoms with E-state index in [2.05, 4.69) is 60.9 Å². The van der Waals surface area contributed by atoms with Crippen molar-refractivity contribution in [2.24, 2.45) is 0 Å². The standard InChI is InChI=1S/C13H16IN2.CHF3O3S/c1-4-16-11(3)13(10(2)15-16)14-12-8-6-5-7-9-12;2-1(3,4)8(5,6)7/h5-9H,4H2,1-3H3;(H,5,6,7)/q+1;/p-1. The lowest BCUT2D eigenvalue weighted by Gasteiger charge is -2.08. The van der Waals surface area contributed by atoms with Crippen molar-refractivity contribution in [3.8, 4) is 0 Å². The first-order valence-electron chi connectivity index (χ1n) is 6.73. The summed E-state index contributed by atoms with van der Waals surface area (Å²) >= 11 is -0.0833. The summed E-state index contributed by atoms with van der Waals surface area (Å²) in [4.78, 5) is 0. The van der Waals surface area contributed by atoms with Crippen LogP contribution in [0, 0.1) is 21.0 Å². The minimum Gasteiger partial charge on any atom is -0.741 e. The van der Waals surface area contributed by atoms with Gasteiger partial charge in [-0.25, -0.2) is 8.42 Å². The molecule has 10 heteroatoms. The molecule has 0 atom stereocenters. The first-order valence-corrected chi connectivity index (χ1v) is 10.3. The SMILES string of the molecule is CCn1nc(C)c([I+]c2ccccc2)c1C.O=S(=O)([O-])C(F)(F)F. The molecule has 0 aliphatic carbocycles. The molecule has 24 heavy (non-hydrogen) atoms. The number of hydrogen-bond acceptors (Lipinski definition) is 4. The first-order chi connectivity index (χ1) is 11.0. The van der Waals surface area contributed by atoms with E-state index in [0.29, 0.717) is 0 Å². The Bertz CT molecular complexity index is 775.